The van der Waals surface area contributed by atoms with Crippen molar-refractivity contribution in [2.75, 3.05) is 11.5 Å². The molecule has 1 saturated heterocycles. The summed E-state index contributed by atoms with van der Waals surface area (Å²) in [4.78, 5) is 10.6. The van der Waals surface area contributed by atoms with E-state index in [0.29, 0.717) is 0 Å². The Hall–Kier alpha value is -0.420. The molecule has 1 fully saturated rings. The zero-order valence-electron chi connectivity index (χ0n) is 6.33. The molecular weight excluding hydrogens is 166 g/mol. The van der Waals surface area contributed by atoms with Crippen molar-refractivity contribution in [1.29, 1.82) is 0 Å². The standard InChI is InChI=1S/C6H11NO3S/c1-5(8)2-6(7)3-11(9,10)4-6/h2-4,7H2,1H3. The fourth-order valence-electron chi connectivity index (χ4n) is 1.43. The lowest BCUT2D eigenvalue weighted by Crippen LogP contribution is -2.62. The van der Waals surface area contributed by atoms with Crippen molar-refractivity contribution in [3.8, 4) is 0 Å². The zero-order chi connectivity index (χ0) is 8.70. The summed E-state index contributed by atoms with van der Waals surface area (Å²) in [5.74, 6) is -0.137. The van der Waals surface area contributed by atoms with Gasteiger partial charge in [-0.25, -0.2) is 8.42 Å². The first kappa shape index (κ1) is 8.67. The molecule has 2 N–H and O–H groups in total. The van der Waals surface area contributed by atoms with Crippen molar-refractivity contribution in [1.82, 2.24) is 0 Å². The molecule has 0 spiro atoms. The summed E-state index contributed by atoms with van der Waals surface area (Å²) in [7, 11) is -2.91. The molecule has 0 unspecified atom stereocenters. The fraction of sp³-hybridized carbons (Fsp3) is 0.833. The molecule has 1 heterocycles. The Kier molecular flexibility index (Phi) is 1.80. The molecule has 5 heteroatoms. The third-order valence-electron chi connectivity index (χ3n) is 1.62. The predicted octanol–water partition coefficient (Wildman–Crippen LogP) is -0.909. The molecule has 1 rings (SSSR count). The number of sulfone groups is 1. The maximum Gasteiger partial charge on any atom is 0.154 e. The lowest BCUT2D eigenvalue weighted by Gasteiger charge is -2.36. The molecule has 0 saturated carbocycles. The van der Waals surface area contributed by atoms with Crippen LogP contribution >= 0.6 is 0 Å². The van der Waals surface area contributed by atoms with Crippen molar-refractivity contribution < 1.29 is 13.2 Å². The van der Waals surface area contributed by atoms with Crippen LogP contribution in [0.15, 0.2) is 0 Å². The second kappa shape index (κ2) is 2.28. The Balaban J connectivity index is 2.56. The topological polar surface area (TPSA) is 77.2 Å². The lowest BCUT2D eigenvalue weighted by atomic mass is 9.98. The first-order valence-electron chi connectivity index (χ1n) is 3.32. The van der Waals surface area contributed by atoms with Crippen LogP contribution in [-0.2, 0) is 14.6 Å². The van der Waals surface area contributed by atoms with Crippen LogP contribution in [0.2, 0.25) is 0 Å². The Labute approximate surface area is 65.7 Å². The minimum atomic E-state index is -2.91. The van der Waals surface area contributed by atoms with Gasteiger partial charge in [0.2, 0.25) is 0 Å². The number of rotatable bonds is 2. The van der Waals surface area contributed by atoms with Gasteiger partial charge in [0.1, 0.15) is 5.78 Å². The normalized spacial score (nSPS) is 25.6. The summed E-state index contributed by atoms with van der Waals surface area (Å²) in [6.45, 7) is 1.42. The molecule has 0 radical (unpaired) electrons. The highest BCUT2D eigenvalue weighted by molar-refractivity contribution is 7.93. The summed E-state index contributed by atoms with van der Waals surface area (Å²) >= 11 is 0. The van der Waals surface area contributed by atoms with Crippen LogP contribution in [0.1, 0.15) is 13.3 Å². The molecule has 0 aromatic carbocycles. The Morgan fingerprint density at radius 2 is 2.00 bits per heavy atom. The third-order valence-corrected chi connectivity index (χ3v) is 3.65. The molecule has 1 aliphatic rings. The van der Waals surface area contributed by atoms with E-state index in [0.717, 1.165) is 0 Å². The smallest absolute Gasteiger partial charge is 0.154 e. The molecule has 0 aliphatic carbocycles. The van der Waals surface area contributed by atoms with Gasteiger partial charge >= 0.3 is 0 Å². The summed E-state index contributed by atoms with van der Waals surface area (Å²) in [5.41, 5.74) is 4.82. The van der Waals surface area contributed by atoms with Crippen LogP contribution in [0.3, 0.4) is 0 Å². The lowest BCUT2D eigenvalue weighted by molar-refractivity contribution is -0.117. The minimum Gasteiger partial charge on any atom is -0.323 e. The number of carbonyl (C=O) groups excluding carboxylic acids is 1. The van der Waals surface area contributed by atoms with Crippen LogP contribution in [0, 0.1) is 0 Å². The van der Waals surface area contributed by atoms with Gasteiger partial charge in [-0.05, 0) is 6.92 Å². The first-order valence-corrected chi connectivity index (χ1v) is 5.14. The quantitative estimate of drug-likeness (QED) is 0.592. The Morgan fingerprint density at radius 1 is 1.55 bits per heavy atom. The second-order valence-corrected chi connectivity index (χ2v) is 5.34. The highest BCUT2D eigenvalue weighted by Crippen LogP contribution is 2.24. The maximum absolute atomic E-state index is 10.7. The highest BCUT2D eigenvalue weighted by Gasteiger charge is 2.45. The van der Waals surface area contributed by atoms with Crippen LogP contribution in [0.4, 0.5) is 0 Å². The van der Waals surface area contributed by atoms with Crippen LogP contribution in [0.5, 0.6) is 0 Å². The van der Waals surface area contributed by atoms with Crippen LogP contribution < -0.4 is 5.73 Å². The Morgan fingerprint density at radius 3 is 2.27 bits per heavy atom. The van der Waals surface area contributed by atoms with Crippen molar-refractivity contribution in [2.45, 2.75) is 18.9 Å². The molecule has 0 aromatic heterocycles. The van der Waals surface area contributed by atoms with E-state index in [1.807, 2.05) is 0 Å². The van der Waals surface area contributed by atoms with Crippen LogP contribution in [-0.4, -0.2) is 31.2 Å². The van der Waals surface area contributed by atoms with Gasteiger partial charge in [-0.15, -0.1) is 0 Å². The van der Waals surface area contributed by atoms with E-state index >= 15 is 0 Å². The molecule has 1 aliphatic heterocycles. The van der Waals surface area contributed by atoms with E-state index in [-0.39, 0.29) is 23.7 Å². The number of ketones is 1. The van der Waals surface area contributed by atoms with E-state index in [1.165, 1.54) is 6.92 Å². The van der Waals surface area contributed by atoms with E-state index in [4.69, 9.17) is 5.73 Å². The van der Waals surface area contributed by atoms with Crippen molar-refractivity contribution in [3.05, 3.63) is 0 Å². The van der Waals surface area contributed by atoms with E-state index in [2.05, 4.69) is 0 Å². The molecular formula is C6H11NO3S. The van der Waals surface area contributed by atoms with Gasteiger partial charge < -0.3 is 5.73 Å². The summed E-state index contributed by atoms with van der Waals surface area (Å²) in [5, 5.41) is 0. The van der Waals surface area contributed by atoms with Gasteiger partial charge in [0.15, 0.2) is 9.84 Å². The Bertz CT molecular complexity index is 268. The SMILES string of the molecule is CC(=O)CC1(N)CS(=O)(=O)C1. The first-order chi connectivity index (χ1) is 4.83. The largest absolute Gasteiger partial charge is 0.323 e. The highest BCUT2D eigenvalue weighted by atomic mass is 32.2. The monoisotopic (exact) mass is 177 g/mol. The zero-order valence-corrected chi connectivity index (χ0v) is 7.15. The van der Waals surface area contributed by atoms with Crippen LogP contribution in [0.25, 0.3) is 0 Å². The van der Waals surface area contributed by atoms with E-state index < -0.39 is 15.4 Å². The summed E-state index contributed by atoms with van der Waals surface area (Å²) in [6, 6.07) is 0. The minimum absolute atomic E-state index is 0.0421. The van der Waals surface area contributed by atoms with Gasteiger partial charge in [0.05, 0.1) is 17.0 Å². The number of Topliss-reactive ketones (excluding diaryl/α,β-unsaturated/α-hetero) is 1. The molecule has 0 amide bonds. The van der Waals surface area contributed by atoms with Crippen molar-refractivity contribution in [2.24, 2.45) is 5.73 Å². The number of hydrogen-bond donors (Lipinski definition) is 1. The molecule has 11 heavy (non-hydrogen) atoms. The summed E-state index contributed by atoms with van der Waals surface area (Å²) < 4.78 is 21.4. The molecule has 0 aromatic rings. The maximum atomic E-state index is 10.7. The van der Waals surface area contributed by atoms with E-state index in [1.54, 1.807) is 0 Å². The number of nitrogens with two attached hydrogens (primary N) is 1. The van der Waals surface area contributed by atoms with E-state index in [9.17, 15) is 13.2 Å². The number of hydrogen-bond acceptors (Lipinski definition) is 4. The van der Waals surface area contributed by atoms with Crippen molar-refractivity contribution >= 4 is 15.6 Å². The molecule has 0 bridgehead atoms. The predicted molar refractivity (Wildman–Crippen MR) is 40.9 cm³/mol. The molecule has 0 atom stereocenters. The van der Waals surface area contributed by atoms with Gasteiger partial charge in [0, 0.05) is 6.42 Å². The number of carbonyl (C=O) groups is 1. The fourth-order valence-corrected chi connectivity index (χ4v) is 3.30. The van der Waals surface area contributed by atoms with Gasteiger partial charge in [-0.1, -0.05) is 0 Å². The molecule has 4 nitrogen and oxygen atoms in total. The second-order valence-electron chi connectivity index (χ2n) is 3.27. The van der Waals surface area contributed by atoms with Gasteiger partial charge in [-0.3, -0.25) is 4.79 Å². The van der Waals surface area contributed by atoms with Gasteiger partial charge in [-0.2, -0.15) is 0 Å². The van der Waals surface area contributed by atoms with Crippen molar-refractivity contribution in [3.63, 3.8) is 0 Å². The summed E-state index contributed by atoms with van der Waals surface area (Å²) in [6.07, 6.45) is 0.173. The van der Waals surface area contributed by atoms with Gasteiger partial charge in [0.25, 0.3) is 0 Å². The third kappa shape index (κ3) is 2.00. The average molecular weight is 177 g/mol. The average Bonchev–Trinajstić information content (AvgIpc) is 1.52. The molecule has 64 valence electrons.